The fourth-order valence-corrected chi connectivity index (χ4v) is 3.71. The molecule has 2 atom stereocenters. The highest BCUT2D eigenvalue weighted by molar-refractivity contribution is 6.00. The van der Waals surface area contributed by atoms with Gasteiger partial charge in [-0.1, -0.05) is 44.2 Å². The number of halogens is 1. The van der Waals surface area contributed by atoms with Crippen molar-refractivity contribution in [2.45, 2.75) is 52.4 Å². The van der Waals surface area contributed by atoms with Crippen molar-refractivity contribution >= 4 is 24.0 Å². The summed E-state index contributed by atoms with van der Waals surface area (Å²) in [5.41, 5.74) is 7.89. The molecule has 2 aromatic rings. The maximum absolute atomic E-state index is 13.0. The molecule has 2 unspecified atom stereocenters. The van der Waals surface area contributed by atoms with Gasteiger partial charge in [-0.25, -0.2) is 0 Å². The summed E-state index contributed by atoms with van der Waals surface area (Å²) in [7, 11) is 0. The van der Waals surface area contributed by atoms with Crippen molar-refractivity contribution in [2.75, 3.05) is 11.9 Å². The van der Waals surface area contributed by atoms with Gasteiger partial charge in [-0.2, -0.15) is 0 Å². The second kappa shape index (κ2) is 9.16. The van der Waals surface area contributed by atoms with Crippen LogP contribution in [0.25, 0.3) is 0 Å². The second-order valence-electron chi connectivity index (χ2n) is 7.99. The molecule has 1 fully saturated rings. The molecule has 1 amide bonds. The number of benzene rings is 2. The summed E-state index contributed by atoms with van der Waals surface area (Å²) in [6, 6.07) is 15.5. The number of hydrogen-bond donors (Lipinski definition) is 2. The Hall–Kier alpha value is -2.08. The summed E-state index contributed by atoms with van der Waals surface area (Å²) in [4.78, 5) is 13.0. The zero-order chi connectivity index (χ0) is 20.4. The number of amides is 1. The Morgan fingerprint density at radius 3 is 2.48 bits per heavy atom. The first-order valence-electron chi connectivity index (χ1n) is 9.78. The molecule has 6 heteroatoms. The molecule has 0 heterocycles. The summed E-state index contributed by atoms with van der Waals surface area (Å²) < 4.78 is 11.6. The fraction of sp³-hybridized carbons (Fsp3) is 0.435. The van der Waals surface area contributed by atoms with E-state index in [9.17, 15) is 4.79 Å². The minimum atomic E-state index is -0.949. The van der Waals surface area contributed by atoms with E-state index in [0.29, 0.717) is 19.6 Å². The van der Waals surface area contributed by atoms with Crippen molar-refractivity contribution in [2.24, 2.45) is 11.1 Å². The number of ether oxygens (including phenoxy) is 2. The molecule has 3 N–H and O–H groups in total. The van der Waals surface area contributed by atoms with Crippen LogP contribution >= 0.6 is 12.4 Å². The van der Waals surface area contributed by atoms with Gasteiger partial charge in [0.25, 0.3) is 0 Å². The second-order valence-corrected chi connectivity index (χ2v) is 7.99. The maximum Gasteiger partial charge on any atom is 0.245 e. The number of rotatable bonds is 7. The summed E-state index contributed by atoms with van der Waals surface area (Å²) in [6.45, 7) is 8.98. The fourth-order valence-electron chi connectivity index (χ4n) is 3.71. The summed E-state index contributed by atoms with van der Waals surface area (Å²) >= 11 is 0. The van der Waals surface area contributed by atoms with E-state index in [-0.39, 0.29) is 24.4 Å². The first kappa shape index (κ1) is 23.2. The predicted octanol–water partition coefficient (Wildman–Crippen LogP) is 4.47. The lowest BCUT2D eigenvalue weighted by Crippen LogP contribution is -2.74. The van der Waals surface area contributed by atoms with Crippen LogP contribution < -0.4 is 15.8 Å². The third-order valence-electron chi connectivity index (χ3n) is 6.07. The van der Waals surface area contributed by atoms with E-state index in [1.165, 1.54) is 0 Å². The summed E-state index contributed by atoms with van der Waals surface area (Å²) in [5, 5.41) is 3.03. The average Bonchev–Trinajstić information content (AvgIpc) is 2.69. The van der Waals surface area contributed by atoms with E-state index in [0.717, 1.165) is 22.6 Å². The number of nitrogens with one attached hydrogen (secondary N) is 1. The third kappa shape index (κ3) is 4.42. The van der Waals surface area contributed by atoms with E-state index >= 15 is 0 Å². The minimum absolute atomic E-state index is 0. The number of para-hydroxylation sites is 1. The van der Waals surface area contributed by atoms with Gasteiger partial charge in [0.2, 0.25) is 5.91 Å². The first-order chi connectivity index (χ1) is 13.3. The minimum Gasteiger partial charge on any atom is -0.489 e. The SMILES string of the molecule is CCOC1CC(N)(C(=O)Nc2cccc(COc3ccccc3)c2C)C1(C)C.Cl. The first-order valence-corrected chi connectivity index (χ1v) is 9.78. The molecule has 0 spiro atoms. The van der Waals surface area contributed by atoms with Gasteiger partial charge < -0.3 is 20.5 Å². The van der Waals surface area contributed by atoms with Crippen LogP contribution in [0.5, 0.6) is 5.75 Å². The van der Waals surface area contributed by atoms with E-state index in [1.807, 2.05) is 76.2 Å². The average molecular weight is 419 g/mol. The number of carbonyl (C=O) groups excluding carboxylic acids is 1. The highest BCUT2D eigenvalue weighted by Crippen LogP contribution is 2.50. The molecule has 2 aromatic carbocycles. The number of nitrogens with two attached hydrogens (primary N) is 1. The zero-order valence-corrected chi connectivity index (χ0v) is 18.3. The Balaban J connectivity index is 0.00000300. The van der Waals surface area contributed by atoms with Crippen molar-refractivity contribution in [3.8, 4) is 5.75 Å². The Morgan fingerprint density at radius 2 is 1.86 bits per heavy atom. The van der Waals surface area contributed by atoms with Crippen molar-refractivity contribution in [3.63, 3.8) is 0 Å². The number of anilines is 1. The van der Waals surface area contributed by atoms with Crippen molar-refractivity contribution in [1.29, 1.82) is 0 Å². The molecule has 0 saturated heterocycles. The maximum atomic E-state index is 13.0. The van der Waals surface area contributed by atoms with Crippen molar-refractivity contribution in [3.05, 3.63) is 59.7 Å². The largest absolute Gasteiger partial charge is 0.489 e. The Kier molecular flexibility index (Phi) is 7.33. The van der Waals surface area contributed by atoms with Crippen LogP contribution in [0.15, 0.2) is 48.5 Å². The third-order valence-corrected chi connectivity index (χ3v) is 6.07. The quantitative estimate of drug-likeness (QED) is 0.695. The van der Waals surface area contributed by atoms with Gasteiger partial charge in [-0.05, 0) is 43.2 Å². The van der Waals surface area contributed by atoms with Gasteiger partial charge in [-0.3, -0.25) is 4.79 Å². The normalized spacial score (nSPS) is 22.2. The zero-order valence-electron chi connectivity index (χ0n) is 17.5. The van der Waals surface area contributed by atoms with Crippen LogP contribution in [0.2, 0.25) is 0 Å². The van der Waals surface area contributed by atoms with Crippen molar-refractivity contribution < 1.29 is 14.3 Å². The lowest BCUT2D eigenvalue weighted by molar-refractivity contribution is -0.166. The van der Waals surface area contributed by atoms with Crippen LogP contribution in [-0.2, 0) is 16.1 Å². The van der Waals surface area contributed by atoms with Crippen molar-refractivity contribution in [1.82, 2.24) is 0 Å². The molecule has 1 aliphatic carbocycles. The van der Waals surface area contributed by atoms with E-state index in [1.54, 1.807) is 0 Å². The van der Waals surface area contributed by atoms with Gasteiger partial charge in [-0.15, -0.1) is 12.4 Å². The van der Waals surface area contributed by atoms with E-state index in [4.69, 9.17) is 15.2 Å². The highest BCUT2D eigenvalue weighted by atomic mass is 35.5. The Morgan fingerprint density at radius 1 is 1.17 bits per heavy atom. The molecule has 0 aliphatic heterocycles. The van der Waals surface area contributed by atoms with Gasteiger partial charge in [0.1, 0.15) is 17.9 Å². The predicted molar refractivity (Wildman–Crippen MR) is 119 cm³/mol. The molecule has 3 rings (SSSR count). The summed E-state index contributed by atoms with van der Waals surface area (Å²) in [5.74, 6) is 0.646. The van der Waals surface area contributed by atoms with Gasteiger partial charge in [0.15, 0.2) is 0 Å². The molecule has 29 heavy (non-hydrogen) atoms. The molecular formula is C23H31ClN2O3. The Labute approximate surface area is 179 Å². The molecule has 158 valence electrons. The van der Waals surface area contributed by atoms with Crippen LogP contribution in [0, 0.1) is 12.3 Å². The van der Waals surface area contributed by atoms with Crippen LogP contribution in [-0.4, -0.2) is 24.2 Å². The number of carbonyl (C=O) groups is 1. The standard InChI is InChI=1S/C23H30N2O3.ClH/c1-5-27-20-14-23(24,22(20,3)4)21(26)25-19-13-9-10-17(16(19)2)15-28-18-11-7-6-8-12-18;/h6-13,20H,5,14-15,24H2,1-4H3,(H,25,26);1H. The summed E-state index contributed by atoms with van der Waals surface area (Å²) in [6.07, 6.45) is 0.523. The lowest BCUT2D eigenvalue weighted by atomic mass is 9.54. The monoisotopic (exact) mass is 418 g/mol. The smallest absolute Gasteiger partial charge is 0.245 e. The van der Waals surface area contributed by atoms with Crippen LogP contribution in [0.4, 0.5) is 5.69 Å². The van der Waals surface area contributed by atoms with Crippen LogP contribution in [0.1, 0.15) is 38.3 Å². The topological polar surface area (TPSA) is 73.6 Å². The number of hydrogen-bond acceptors (Lipinski definition) is 4. The highest BCUT2D eigenvalue weighted by Gasteiger charge is 2.62. The van der Waals surface area contributed by atoms with E-state index < -0.39 is 11.0 Å². The van der Waals surface area contributed by atoms with Gasteiger partial charge >= 0.3 is 0 Å². The molecule has 5 nitrogen and oxygen atoms in total. The molecule has 1 saturated carbocycles. The molecular weight excluding hydrogens is 388 g/mol. The molecule has 1 aliphatic rings. The molecule has 0 bridgehead atoms. The van der Waals surface area contributed by atoms with Gasteiger partial charge in [0.05, 0.1) is 6.10 Å². The molecule has 0 radical (unpaired) electrons. The Bertz CT molecular complexity index is 841. The lowest BCUT2D eigenvalue weighted by Gasteiger charge is -2.57. The van der Waals surface area contributed by atoms with Gasteiger partial charge in [0, 0.05) is 24.1 Å². The molecule has 0 aromatic heterocycles. The van der Waals surface area contributed by atoms with E-state index in [2.05, 4.69) is 5.32 Å². The van der Waals surface area contributed by atoms with Crippen LogP contribution in [0.3, 0.4) is 0 Å².